The summed E-state index contributed by atoms with van der Waals surface area (Å²) < 4.78 is 5.76. The van der Waals surface area contributed by atoms with Crippen molar-refractivity contribution in [3.63, 3.8) is 0 Å². The molecule has 0 N–H and O–H groups in total. The fraction of sp³-hybridized carbons (Fsp3) is 0.176. The summed E-state index contributed by atoms with van der Waals surface area (Å²) in [7, 11) is 0. The Morgan fingerprint density at radius 1 is 1.10 bits per heavy atom. The molecule has 3 nitrogen and oxygen atoms in total. The van der Waals surface area contributed by atoms with Crippen LogP contribution >= 0.6 is 0 Å². The summed E-state index contributed by atoms with van der Waals surface area (Å²) in [5, 5.41) is 10.1. The van der Waals surface area contributed by atoms with Crippen LogP contribution in [-0.4, -0.2) is 16.8 Å². The number of benzene rings is 2. The van der Waals surface area contributed by atoms with Crippen LogP contribution in [0.15, 0.2) is 48.7 Å². The first kappa shape index (κ1) is 12.6. The zero-order chi connectivity index (χ0) is 13.8. The minimum absolute atomic E-state index is 0.664. The van der Waals surface area contributed by atoms with E-state index in [1.165, 1.54) is 10.8 Å². The van der Waals surface area contributed by atoms with Crippen LogP contribution in [0.4, 0.5) is 0 Å². The molecule has 0 bridgehead atoms. The molecule has 0 fully saturated rings. The number of fused-ring (bicyclic) bond motifs is 1. The summed E-state index contributed by atoms with van der Waals surface area (Å²) in [5.74, 6) is 0.734. The number of rotatable bonds is 4. The third kappa shape index (κ3) is 2.35. The van der Waals surface area contributed by atoms with E-state index in [0.29, 0.717) is 6.61 Å². The molecule has 3 aromatic rings. The van der Waals surface area contributed by atoms with Crippen molar-refractivity contribution in [3.05, 3.63) is 54.9 Å². The van der Waals surface area contributed by atoms with Crippen LogP contribution in [0.2, 0.25) is 0 Å². The first-order chi connectivity index (χ1) is 9.90. The molecule has 0 saturated carbocycles. The van der Waals surface area contributed by atoms with Gasteiger partial charge in [-0.25, -0.2) is 0 Å². The lowest BCUT2D eigenvalue weighted by molar-refractivity contribution is 0.316. The Balaban J connectivity index is 2.16. The molecule has 1 radical (unpaired) electrons. The quantitative estimate of drug-likeness (QED) is 0.716. The molecule has 0 spiro atoms. The van der Waals surface area contributed by atoms with Crippen LogP contribution in [0, 0.1) is 6.20 Å². The van der Waals surface area contributed by atoms with Gasteiger partial charge in [-0.15, -0.1) is 5.10 Å². The van der Waals surface area contributed by atoms with Gasteiger partial charge in [0, 0.05) is 0 Å². The minimum Gasteiger partial charge on any atom is -0.491 e. The smallest absolute Gasteiger partial charge is 0.149 e. The highest BCUT2D eigenvalue weighted by Gasteiger charge is 2.10. The summed E-state index contributed by atoms with van der Waals surface area (Å²) >= 11 is 0. The predicted molar refractivity (Wildman–Crippen MR) is 79.6 cm³/mol. The van der Waals surface area contributed by atoms with Gasteiger partial charge in [-0.2, -0.15) is 5.10 Å². The van der Waals surface area contributed by atoms with Gasteiger partial charge >= 0.3 is 0 Å². The summed E-state index contributed by atoms with van der Waals surface area (Å²) in [4.78, 5) is 0. The molecule has 0 aliphatic heterocycles. The maximum atomic E-state index is 5.76. The topological polar surface area (TPSA) is 35.0 Å². The van der Waals surface area contributed by atoms with E-state index in [1.807, 2.05) is 18.2 Å². The zero-order valence-electron chi connectivity index (χ0n) is 11.3. The number of hydrogen-bond acceptors (Lipinski definition) is 3. The van der Waals surface area contributed by atoms with E-state index in [0.717, 1.165) is 23.3 Å². The third-order valence-electron chi connectivity index (χ3n) is 3.16. The fourth-order valence-electron chi connectivity index (χ4n) is 2.24. The Morgan fingerprint density at radius 3 is 2.85 bits per heavy atom. The SMILES string of the molecule is CCCOc1cnn[c]c1-c1cccc2ccccc12. The van der Waals surface area contributed by atoms with Crippen LogP contribution in [0.5, 0.6) is 5.75 Å². The molecule has 0 aliphatic rings. The summed E-state index contributed by atoms with van der Waals surface area (Å²) in [6, 6.07) is 14.5. The van der Waals surface area contributed by atoms with Crippen molar-refractivity contribution in [2.24, 2.45) is 0 Å². The molecular weight excluding hydrogens is 248 g/mol. The van der Waals surface area contributed by atoms with Gasteiger partial charge < -0.3 is 4.74 Å². The Kier molecular flexibility index (Phi) is 3.59. The van der Waals surface area contributed by atoms with Crippen molar-refractivity contribution < 1.29 is 4.74 Å². The van der Waals surface area contributed by atoms with E-state index in [9.17, 15) is 0 Å². The van der Waals surface area contributed by atoms with E-state index in [4.69, 9.17) is 4.74 Å². The Hall–Kier alpha value is -2.42. The van der Waals surface area contributed by atoms with Gasteiger partial charge in [0.25, 0.3) is 0 Å². The molecule has 3 heteroatoms. The lowest BCUT2D eigenvalue weighted by Crippen LogP contribution is -1.99. The van der Waals surface area contributed by atoms with Gasteiger partial charge in [-0.1, -0.05) is 49.4 Å². The zero-order valence-corrected chi connectivity index (χ0v) is 11.3. The Morgan fingerprint density at radius 2 is 1.95 bits per heavy atom. The lowest BCUT2D eigenvalue weighted by Gasteiger charge is -2.11. The van der Waals surface area contributed by atoms with Crippen molar-refractivity contribution >= 4 is 10.8 Å². The van der Waals surface area contributed by atoms with Crippen LogP contribution in [0.1, 0.15) is 13.3 Å². The number of nitrogens with zero attached hydrogens (tertiary/aromatic N) is 2. The van der Waals surface area contributed by atoms with Crippen molar-refractivity contribution in [3.8, 4) is 16.9 Å². The van der Waals surface area contributed by atoms with Crippen molar-refractivity contribution in [1.82, 2.24) is 10.2 Å². The maximum absolute atomic E-state index is 5.76. The average Bonchev–Trinajstić information content (AvgIpc) is 2.53. The molecule has 2 aromatic carbocycles. The molecule has 20 heavy (non-hydrogen) atoms. The van der Waals surface area contributed by atoms with E-state index >= 15 is 0 Å². The third-order valence-corrected chi connectivity index (χ3v) is 3.16. The second-order valence-corrected chi connectivity index (χ2v) is 4.57. The molecule has 0 unspecified atom stereocenters. The highest BCUT2D eigenvalue weighted by atomic mass is 16.5. The summed E-state index contributed by atoms with van der Waals surface area (Å²) in [6.07, 6.45) is 5.58. The first-order valence-electron chi connectivity index (χ1n) is 6.74. The minimum atomic E-state index is 0.664. The van der Waals surface area contributed by atoms with Gasteiger partial charge in [0.2, 0.25) is 0 Å². The van der Waals surface area contributed by atoms with Crippen LogP contribution in [0.25, 0.3) is 21.9 Å². The summed E-state index contributed by atoms with van der Waals surface area (Å²) in [5.41, 5.74) is 1.94. The highest BCUT2D eigenvalue weighted by molar-refractivity contribution is 5.97. The maximum Gasteiger partial charge on any atom is 0.149 e. The molecule has 0 aliphatic carbocycles. The second-order valence-electron chi connectivity index (χ2n) is 4.57. The lowest BCUT2D eigenvalue weighted by atomic mass is 9.99. The first-order valence-corrected chi connectivity index (χ1v) is 6.74. The van der Waals surface area contributed by atoms with Gasteiger partial charge in [-0.05, 0) is 22.8 Å². The van der Waals surface area contributed by atoms with Gasteiger partial charge in [-0.3, -0.25) is 0 Å². The van der Waals surface area contributed by atoms with Gasteiger partial charge in [0.15, 0.2) is 0 Å². The number of ether oxygens (including phenoxy) is 1. The van der Waals surface area contributed by atoms with E-state index < -0.39 is 0 Å². The van der Waals surface area contributed by atoms with Crippen LogP contribution in [0.3, 0.4) is 0 Å². The number of hydrogen-bond donors (Lipinski definition) is 0. The normalized spacial score (nSPS) is 10.7. The highest BCUT2D eigenvalue weighted by Crippen LogP contribution is 2.33. The molecule has 0 atom stereocenters. The van der Waals surface area contributed by atoms with Crippen LogP contribution < -0.4 is 4.74 Å². The monoisotopic (exact) mass is 263 g/mol. The van der Waals surface area contributed by atoms with Crippen molar-refractivity contribution in [2.45, 2.75) is 13.3 Å². The second kappa shape index (κ2) is 5.70. The van der Waals surface area contributed by atoms with Crippen molar-refractivity contribution in [1.29, 1.82) is 0 Å². The average molecular weight is 263 g/mol. The molecular formula is C17H15N2O. The number of aromatic nitrogens is 2. The van der Waals surface area contributed by atoms with Gasteiger partial charge in [0.05, 0.1) is 18.4 Å². The van der Waals surface area contributed by atoms with Crippen molar-refractivity contribution in [2.75, 3.05) is 6.61 Å². The Labute approximate surface area is 118 Å². The molecule has 99 valence electrons. The molecule has 0 amide bonds. The van der Waals surface area contributed by atoms with Gasteiger partial charge in [0.1, 0.15) is 11.9 Å². The van der Waals surface area contributed by atoms with E-state index in [1.54, 1.807) is 6.20 Å². The van der Waals surface area contributed by atoms with E-state index in [2.05, 4.69) is 47.6 Å². The standard InChI is InChI=1S/C17H15N2O/c1-2-10-20-17-12-19-18-11-16(17)15-9-5-7-13-6-3-4-8-14(13)15/h3-9,12H,2,10H2,1H3. The van der Waals surface area contributed by atoms with Crippen LogP contribution in [-0.2, 0) is 0 Å². The van der Waals surface area contributed by atoms with E-state index in [-0.39, 0.29) is 0 Å². The Bertz CT molecular complexity index is 720. The fourth-order valence-corrected chi connectivity index (χ4v) is 2.24. The molecule has 3 rings (SSSR count). The molecule has 1 aromatic heterocycles. The predicted octanol–water partition coefficient (Wildman–Crippen LogP) is 3.89. The largest absolute Gasteiger partial charge is 0.491 e. The molecule has 0 saturated heterocycles. The molecule has 1 heterocycles. The summed E-state index contributed by atoms with van der Waals surface area (Å²) in [6.45, 7) is 2.74.